The van der Waals surface area contributed by atoms with Gasteiger partial charge in [-0.25, -0.2) is 4.79 Å². The minimum Gasteiger partial charge on any atom is -0.444 e. The Morgan fingerprint density at radius 1 is 1.15 bits per heavy atom. The number of hydrogen-bond donors (Lipinski definition) is 0. The summed E-state index contributed by atoms with van der Waals surface area (Å²) in [7, 11) is 0. The van der Waals surface area contributed by atoms with Gasteiger partial charge in [0.25, 0.3) is 0 Å². The van der Waals surface area contributed by atoms with Crippen LogP contribution >= 0.6 is 0 Å². The molecule has 1 heterocycles. The van der Waals surface area contributed by atoms with Crippen LogP contribution in [-0.4, -0.2) is 29.7 Å². The van der Waals surface area contributed by atoms with Crippen molar-refractivity contribution in [2.75, 3.05) is 13.1 Å². The first-order valence-corrected chi connectivity index (χ1v) is 8.35. The Labute approximate surface area is 125 Å². The number of piperidine rings is 1. The molecule has 0 unspecified atom stereocenters. The lowest BCUT2D eigenvalue weighted by Crippen LogP contribution is -2.42. The average Bonchev–Trinajstić information content (AvgIpc) is 2.37. The van der Waals surface area contributed by atoms with Gasteiger partial charge in [0.05, 0.1) is 0 Å². The lowest BCUT2D eigenvalue weighted by atomic mass is 9.79. The Morgan fingerprint density at radius 2 is 1.65 bits per heavy atom. The monoisotopic (exact) mass is 283 g/mol. The van der Waals surface area contributed by atoms with Crippen LogP contribution in [0.2, 0.25) is 0 Å². The van der Waals surface area contributed by atoms with Gasteiger partial charge in [0.1, 0.15) is 5.60 Å². The summed E-state index contributed by atoms with van der Waals surface area (Å²) in [5.74, 6) is 1.65. The number of likely N-dealkylation sites (tertiary alicyclic amines) is 1. The molecule has 0 bridgehead atoms. The molecular weight excluding hydrogens is 250 g/mol. The standard InChI is InChI=1S/C17H33NO2/c1-6-8-14(9-7-2)15-10-12-18(13-11-15)16(19)20-17(3,4)5/h14-15H,6-13H2,1-5H3. The maximum Gasteiger partial charge on any atom is 0.410 e. The van der Waals surface area contributed by atoms with Crippen molar-refractivity contribution in [1.82, 2.24) is 4.90 Å². The Morgan fingerprint density at radius 3 is 2.05 bits per heavy atom. The molecule has 0 spiro atoms. The largest absolute Gasteiger partial charge is 0.444 e. The van der Waals surface area contributed by atoms with E-state index >= 15 is 0 Å². The van der Waals surface area contributed by atoms with Gasteiger partial charge in [0, 0.05) is 13.1 Å². The van der Waals surface area contributed by atoms with Gasteiger partial charge < -0.3 is 9.64 Å². The van der Waals surface area contributed by atoms with E-state index in [0.29, 0.717) is 0 Å². The molecule has 3 nitrogen and oxygen atoms in total. The fourth-order valence-corrected chi connectivity index (χ4v) is 3.24. The molecule has 1 aliphatic heterocycles. The van der Waals surface area contributed by atoms with Crippen LogP contribution in [0.4, 0.5) is 4.79 Å². The maximum absolute atomic E-state index is 12.0. The maximum atomic E-state index is 12.0. The van der Waals surface area contributed by atoms with E-state index in [2.05, 4.69) is 13.8 Å². The van der Waals surface area contributed by atoms with Crippen molar-refractivity contribution in [3.8, 4) is 0 Å². The predicted octanol–water partition coefficient (Wildman–Crippen LogP) is 4.85. The van der Waals surface area contributed by atoms with Gasteiger partial charge in [0.2, 0.25) is 0 Å². The molecule has 3 heteroatoms. The Bertz CT molecular complexity index is 282. The molecule has 118 valence electrons. The van der Waals surface area contributed by atoms with E-state index in [0.717, 1.165) is 37.8 Å². The van der Waals surface area contributed by atoms with Crippen molar-refractivity contribution in [3.05, 3.63) is 0 Å². The molecule has 0 aromatic heterocycles. The summed E-state index contributed by atoms with van der Waals surface area (Å²) in [5, 5.41) is 0. The van der Waals surface area contributed by atoms with Crippen LogP contribution in [0, 0.1) is 11.8 Å². The van der Waals surface area contributed by atoms with Crippen molar-refractivity contribution >= 4 is 6.09 Å². The molecule has 1 aliphatic rings. The second-order valence-electron chi connectivity index (χ2n) is 7.14. The second-order valence-corrected chi connectivity index (χ2v) is 7.14. The van der Waals surface area contributed by atoms with Gasteiger partial charge >= 0.3 is 6.09 Å². The fraction of sp³-hybridized carbons (Fsp3) is 0.941. The van der Waals surface area contributed by atoms with Crippen molar-refractivity contribution in [1.29, 1.82) is 0 Å². The van der Waals surface area contributed by atoms with Gasteiger partial charge in [-0.2, -0.15) is 0 Å². The lowest BCUT2D eigenvalue weighted by Gasteiger charge is -2.36. The van der Waals surface area contributed by atoms with Crippen molar-refractivity contribution in [3.63, 3.8) is 0 Å². The summed E-state index contributed by atoms with van der Waals surface area (Å²) >= 11 is 0. The number of carbonyl (C=O) groups is 1. The van der Waals surface area contributed by atoms with E-state index in [4.69, 9.17) is 4.74 Å². The van der Waals surface area contributed by atoms with Gasteiger partial charge in [-0.05, 0) is 45.4 Å². The summed E-state index contributed by atoms with van der Waals surface area (Å²) in [6.45, 7) is 12.1. The molecular formula is C17H33NO2. The normalized spacial score (nSPS) is 17.6. The number of amides is 1. The molecule has 0 aromatic carbocycles. The van der Waals surface area contributed by atoms with Crippen LogP contribution in [-0.2, 0) is 4.74 Å². The molecule has 0 atom stereocenters. The summed E-state index contributed by atoms with van der Waals surface area (Å²) in [5.41, 5.74) is -0.388. The van der Waals surface area contributed by atoms with Crippen LogP contribution in [0.1, 0.15) is 73.1 Å². The number of ether oxygens (including phenoxy) is 1. The highest BCUT2D eigenvalue weighted by Crippen LogP contribution is 2.31. The van der Waals surface area contributed by atoms with E-state index < -0.39 is 0 Å². The van der Waals surface area contributed by atoms with E-state index in [1.807, 2.05) is 25.7 Å². The molecule has 1 rings (SSSR count). The molecule has 1 fully saturated rings. The summed E-state index contributed by atoms with van der Waals surface area (Å²) in [6.07, 6.45) is 7.37. The minimum absolute atomic E-state index is 0.140. The van der Waals surface area contributed by atoms with E-state index in [1.165, 1.54) is 25.7 Å². The highest BCUT2D eigenvalue weighted by Gasteiger charge is 2.29. The number of nitrogens with zero attached hydrogens (tertiary/aromatic N) is 1. The van der Waals surface area contributed by atoms with Crippen LogP contribution in [0.15, 0.2) is 0 Å². The minimum atomic E-state index is -0.388. The molecule has 0 saturated carbocycles. The summed E-state index contributed by atoms with van der Waals surface area (Å²) in [4.78, 5) is 13.9. The highest BCUT2D eigenvalue weighted by molar-refractivity contribution is 5.68. The molecule has 0 radical (unpaired) electrons. The number of carbonyl (C=O) groups excluding carboxylic acids is 1. The Balaban J connectivity index is 2.44. The third-order valence-electron chi connectivity index (χ3n) is 4.18. The zero-order chi connectivity index (χ0) is 15.2. The predicted molar refractivity (Wildman–Crippen MR) is 83.8 cm³/mol. The van der Waals surface area contributed by atoms with E-state index in [9.17, 15) is 4.79 Å². The van der Waals surface area contributed by atoms with Gasteiger partial charge in [0.15, 0.2) is 0 Å². The number of rotatable bonds is 5. The third-order valence-corrected chi connectivity index (χ3v) is 4.18. The molecule has 0 aromatic rings. The Hall–Kier alpha value is -0.730. The Kier molecular flexibility index (Phi) is 6.84. The average molecular weight is 283 g/mol. The van der Waals surface area contributed by atoms with Crippen molar-refractivity contribution in [2.45, 2.75) is 78.7 Å². The molecule has 1 saturated heterocycles. The zero-order valence-corrected chi connectivity index (χ0v) is 14.1. The second kappa shape index (κ2) is 7.90. The van der Waals surface area contributed by atoms with Crippen molar-refractivity contribution in [2.24, 2.45) is 11.8 Å². The SMILES string of the molecule is CCCC(CCC)C1CCN(C(=O)OC(C)(C)C)CC1. The molecule has 1 amide bonds. The summed E-state index contributed by atoms with van der Waals surface area (Å²) < 4.78 is 5.45. The zero-order valence-electron chi connectivity index (χ0n) is 14.1. The van der Waals surface area contributed by atoms with E-state index in [1.54, 1.807) is 0 Å². The lowest BCUT2D eigenvalue weighted by molar-refractivity contribution is 0.0154. The van der Waals surface area contributed by atoms with Crippen molar-refractivity contribution < 1.29 is 9.53 Å². The topological polar surface area (TPSA) is 29.5 Å². The fourth-order valence-electron chi connectivity index (χ4n) is 3.24. The van der Waals surface area contributed by atoms with Crippen LogP contribution in [0.5, 0.6) is 0 Å². The number of hydrogen-bond acceptors (Lipinski definition) is 2. The van der Waals surface area contributed by atoms with Crippen LogP contribution < -0.4 is 0 Å². The molecule has 0 aliphatic carbocycles. The quantitative estimate of drug-likeness (QED) is 0.722. The smallest absolute Gasteiger partial charge is 0.410 e. The third kappa shape index (κ3) is 5.72. The summed E-state index contributed by atoms with van der Waals surface area (Å²) in [6, 6.07) is 0. The molecule has 0 N–H and O–H groups in total. The van der Waals surface area contributed by atoms with Crippen LogP contribution in [0.25, 0.3) is 0 Å². The highest BCUT2D eigenvalue weighted by atomic mass is 16.6. The van der Waals surface area contributed by atoms with Gasteiger partial charge in [-0.3, -0.25) is 0 Å². The first-order chi connectivity index (χ1) is 9.37. The van der Waals surface area contributed by atoms with Gasteiger partial charge in [-0.15, -0.1) is 0 Å². The molecule has 20 heavy (non-hydrogen) atoms. The van der Waals surface area contributed by atoms with Gasteiger partial charge in [-0.1, -0.05) is 39.5 Å². The first kappa shape index (κ1) is 17.3. The van der Waals surface area contributed by atoms with E-state index in [-0.39, 0.29) is 11.7 Å². The van der Waals surface area contributed by atoms with Crippen LogP contribution in [0.3, 0.4) is 0 Å². The first-order valence-electron chi connectivity index (χ1n) is 8.35.